The van der Waals surface area contributed by atoms with Gasteiger partial charge in [-0.25, -0.2) is 15.0 Å². The molecule has 0 radical (unpaired) electrons. The van der Waals surface area contributed by atoms with Gasteiger partial charge in [0.1, 0.15) is 0 Å². The van der Waals surface area contributed by atoms with Gasteiger partial charge in [0, 0.05) is 40.2 Å². The molecule has 0 fully saturated rings. The second-order valence-electron chi connectivity index (χ2n) is 14.6. The maximum atomic E-state index is 5.08. The average molecular weight is 768 g/mol. The van der Waals surface area contributed by atoms with Gasteiger partial charge in [0.2, 0.25) is 0 Å². The van der Waals surface area contributed by atoms with Gasteiger partial charge < -0.3 is 0 Å². The minimum absolute atomic E-state index is 0.695. The molecule has 0 aliphatic heterocycles. The minimum Gasteiger partial charge on any atom is -0.254 e. The van der Waals surface area contributed by atoms with Gasteiger partial charge in [0.25, 0.3) is 0 Å². The summed E-state index contributed by atoms with van der Waals surface area (Å²) in [5.41, 5.74) is 16.8. The van der Waals surface area contributed by atoms with Gasteiger partial charge in [-0.05, 0) is 63.7 Å². The summed E-state index contributed by atoms with van der Waals surface area (Å²) < 4.78 is 0. The van der Waals surface area contributed by atoms with E-state index in [0.29, 0.717) is 5.82 Å². The highest BCUT2D eigenvalue weighted by molar-refractivity contribution is 5.78. The van der Waals surface area contributed by atoms with E-state index in [2.05, 4.69) is 140 Å². The summed E-state index contributed by atoms with van der Waals surface area (Å²) in [5.74, 6) is 0.695. The van der Waals surface area contributed by atoms with Crippen LogP contribution in [-0.2, 0) is 0 Å². The first-order chi connectivity index (χ1) is 29.7. The quantitative estimate of drug-likeness (QED) is 0.146. The molecule has 0 unspecified atom stereocenters. The molecule has 5 heteroatoms. The highest BCUT2D eigenvalue weighted by Crippen LogP contribution is 2.33. The number of pyridine rings is 3. The molecule has 0 aliphatic carbocycles. The number of aromatic nitrogens is 5. The zero-order valence-corrected chi connectivity index (χ0v) is 32.6. The van der Waals surface area contributed by atoms with Gasteiger partial charge >= 0.3 is 0 Å². The number of rotatable bonds is 9. The first-order valence-electron chi connectivity index (χ1n) is 20.0. The number of hydrogen-bond donors (Lipinski definition) is 0. The zero-order valence-electron chi connectivity index (χ0n) is 32.6. The summed E-state index contributed by atoms with van der Waals surface area (Å²) in [7, 11) is 0. The Morgan fingerprint density at radius 1 is 0.200 bits per heavy atom. The third-order valence-corrected chi connectivity index (χ3v) is 10.7. The fourth-order valence-electron chi connectivity index (χ4n) is 7.41. The van der Waals surface area contributed by atoms with E-state index in [1.807, 2.05) is 85.2 Å². The summed E-state index contributed by atoms with van der Waals surface area (Å²) in [6.45, 7) is 0. The van der Waals surface area contributed by atoms with Crippen molar-refractivity contribution in [3.63, 3.8) is 0 Å². The smallest absolute Gasteiger partial charge is 0.160 e. The van der Waals surface area contributed by atoms with Crippen molar-refractivity contribution in [2.45, 2.75) is 0 Å². The molecular formula is C55H37N5. The summed E-state index contributed by atoms with van der Waals surface area (Å²) in [4.78, 5) is 24.8. The molecule has 0 atom stereocenters. The van der Waals surface area contributed by atoms with Crippen LogP contribution in [0.1, 0.15) is 0 Å². The van der Waals surface area contributed by atoms with Crippen LogP contribution in [0.3, 0.4) is 0 Å². The van der Waals surface area contributed by atoms with Gasteiger partial charge in [0.15, 0.2) is 5.82 Å². The predicted molar refractivity (Wildman–Crippen MR) is 244 cm³/mol. The maximum absolute atomic E-state index is 5.08. The Morgan fingerprint density at radius 2 is 0.533 bits per heavy atom. The Hall–Kier alpha value is -8.15. The van der Waals surface area contributed by atoms with Crippen molar-refractivity contribution in [3.8, 4) is 101 Å². The Labute approximate surface area is 349 Å². The molecule has 10 rings (SSSR count). The third kappa shape index (κ3) is 7.76. The topological polar surface area (TPSA) is 64.5 Å². The summed E-state index contributed by atoms with van der Waals surface area (Å²) in [6, 6.07) is 72.9. The lowest BCUT2D eigenvalue weighted by molar-refractivity contribution is 1.18. The van der Waals surface area contributed by atoms with Crippen LogP contribution in [0.4, 0.5) is 0 Å². The molecule has 4 aromatic heterocycles. The van der Waals surface area contributed by atoms with Gasteiger partial charge in [-0.15, -0.1) is 0 Å². The Kier molecular flexibility index (Phi) is 9.88. The lowest BCUT2D eigenvalue weighted by atomic mass is 9.99. The lowest BCUT2D eigenvalue weighted by Gasteiger charge is -2.11. The molecule has 4 heterocycles. The predicted octanol–water partition coefficient (Wildman–Crippen LogP) is 13.7. The molecular weight excluding hydrogens is 731 g/mol. The number of hydrogen-bond acceptors (Lipinski definition) is 5. The maximum Gasteiger partial charge on any atom is 0.160 e. The van der Waals surface area contributed by atoms with Crippen LogP contribution >= 0.6 is 0 Å². The molecule has 0 N–H and O–H groups in total. The van der Waals surface area contributed by atoms with Crippen molar-refractivity contribution in [1.29, 1.82) is 0 Å². The average Bonchev–Trinajstić information content (AvgIpc) is 3.35. The zero-order chi connectivity index (χ0) is 40.1. The number of nitrogens with zero attached hydrogens (tertiary/aromatic N) is 5. The van der Waals surface area contributed by atoms with Crippen LogP contribution in [0, 0.1) is 0 Å². The van der Waals surface area contributed by atoms with E-state index in [-0.39, 0.29) is 0 Å². The van der Waals surface area contributed by atoms with E-state index in [0.717, 1.165) is 95.4 Å². The highest BCUT2D eigenvalue weighted by Gasteiger charge is 2.14. The summed E-state index contributed by atoms with van der Waals surface area (Å²) >= 11 is 0. The molecule has 0 amide bonds. The molecule has 5 nitrogen and oxygen atoms in total. The monoisotopic (exact) mass is 767 g/mol. The van der Waals surface area contributed by atoms with Crippen LogP contribution in [0.15, 0.2) is 225 Å². The van der Waals surface area contributed by atoms with Crippen molar-refractivity contribution in [2.24, 2.45) is 0 Å². The SMILES string of the molecule is c1ccc(-c2ccc(-c3cc(-c4ccccc4)cc(-c4ccc(-c5ccc(-c6ccc(-c7nc(-c8ccccc8)cc(-c8ccccc8)n7)cc6)cc5)cn4)n3)nc2)cc1. The second kappa shape index (κ2) is 16.4. The Balaban J connectivity index is 0.900. The van der Waals surface area contributed by atoms with E-state index in [9.17, 15) is 0 Å². The summed E-state index contributed by atoms with van der Waals surface area (Å²) in [5, 5.41) is 0. The van der Waals surface area contributed by atoms with Crippen molar-refractivity contribution in [3.05, 3.63) is 225 Å². The fourth-order valence-corrected chi connectivity index (χ4v) is 7.41. The highest BCUT2D eigenvalue weighted by atomic mass is 14.9. The summed E-state index contributed by atoms with van der Waals surface area (Å²) in [6.07, 6.45) is 3.84. The van der Waals surface area contributed by atoms with Gasteiger partial charge in [-0.2, -0.15) is 0 Å². The van der Waals surface area contributed by atoms with Crippen LogP contribution in [-0.4, -0.2) is 24.9 Å². The van der Waals surface area contributed by atoms with E-state index in [1.54, 1.807) is 0 Å². The van der Waals surface area contributed by atoms with Crippen LogP contribution in [0.25, 0.3) is 101 Å². The van der Waals surface area contributed by atoms with Crippen LogP contribution < -0.4 is 0 Å². The fraction of sp³-hybridized carbons (Fsp3) is 0. The van der Waals surface area contributed by atoms with Crippen LogP contribution in [0.5, 0.6) is 0 Å². The standard InChI is InChI=1S/C55H37N5/c1-5-13-38(14-6-1)46-29-31-49(56-36-46)53-33-48(39-15-7-2-8-16-39)34-54(58-53)50-32-30-47(37-57-50)42-23-21-40(22-24-42)41-25-27-45(28-26-41)55-59-51(43-17-9-3-10-18-43)35-52(60-55)44-19-11-4-12-20-44/h1-37H. The third-order valence-electron chi connectivity index (χ3n) is 10.7. The van der Waals surface area contributed by atoms with Crippen LogP contribution in [0.2, 0.25) is 0 Å². The molecule has 6 aromatic carbocycles. The molecule has 0 aliphatic rings. The van der Waals surface area contributed by atoms with E-state index < -0.39 is 0 Å². The van der Waals surface area contributed by atoms with Crippen molar-refractivity contribution in [2.75, 3.05) is 0 Å². The van der Waals surface area contributed by atoms with Crippen molar-refractivity contribution < 1.29 is 0 Å². The molecule has 0 spiro atoms. The van der Waals surface area contributed by atoms with E-state index in [1.165, 1.54) is 0 Å². The van der Waals surface area contributed by atoms with Gasteiger partial charge in [-0.1, -0.05) is 182 Å². The van der Waals surface area contributed by atoms with E-state index >= 15 is 0 Å². The normalized spacial score (nSPS) is 11.0. The van der Waals surface area contributed by atoms with Crippen molar-refractivity contribution in [1.82, 2.24) is 24.9 Å². The number of benzene rings is 6. The molecule has 10 aromatic rings. The second-order valence-corrected chi connectivity index (χ2v) is 14.6. The molecule has 282 valence electrons. The first kappa shape index (κ1) is 36.2. The molecule has 60 heavy (non-hydrogen) atoms. The van der Waals surface area contributed by atoms with Crippen molar-refractivity contribution >= 4 is 0 Å². The minimum atomic E-state index is 0.695. The molecule has 0 saturated carbocycles. The van der Waals surface area contributed by atoms with Gasteiger partial charge in [-0.3, -0.25) is 9.97 Å². The first-order valence-corrected chi connectivity index (χ1v) is 20.0. The van der Waals surface area contributed by atoms with E-state index in [4.69, 9.17) is 24.9 Å². The largest absolute Gasteiger partial charge is 0.254 e. The Morgan fingerprint density at radius 3 is 0.933 bits per heavy atom. The van der Waals surface area contributed by atoms with Gasteiger partial charge in [0.05, 0.1) is 34.2 Å². The molecule has 0 bridgehead atoms. The Bertz CT molecular complexity index is 2950. The molecule has 0 saturated heterocycles. The lowest BCUT2D eigenvalue weighted by Crippen LogP contribution is -1.95.